The average Bonchev–Trinajstić information content (AvgIpc) is 2.60. The molecule has 0 aliphatic heterocycles. The molecule has 25 heavy (non-hydrogen) atoms. The van der Waals surface area contributed by atoms with Crippen molar-refractivity contribution in [3.8, 4) is 5.75 Å². The van der Waals surface area contributed by atoms with Gasteiger partial charge in [-0.05, 0) is 49.8 Å². The van der Waals surface area contributed by atoms with E-state index >= 15 is 0 Å². The minimum absolute atomic E-state index is 0.0939. The highest BCUT2D eigenvalue weighted by atomic mass is 127. The van der Waals surface area contributed by atoms with Crippen molar-refractivity contribution in [3.63, 3.8) is 0 Å². The van der Waals surface area contributed by atoms with Gasteiger partial charge in [0.2, 0.25) is 6.29 Å². The lowest BCUT2D eigenvalue weighted by Gasteiger charge is -2.31. The van der Waals surface area contributed by atoms with Crippen LogP contribution < -0.4 is 4.74 Å². The maximum absolute atomic E-state index is 6.25. The molecule has 0 saturated heterocycles. The molecule has 1 fully saturated rings. The van der Waals surface area contributed by atoms with E-state index in [4.69, 9.17) is 9.47 Å². The van der Waals surface area contributed by atoms with E-state index in [9.17, 15) is 0 Å². The Labute approximate surface area is 168 Å². The summed E-state index contributed by atoms with van der Waals surface area (Å²) in [7, 11) is 0. The van der Waals surface area contributed by atoms with E-state index in [1.807, 2.05) is 0 Å². The van der Waals surface area contributed by atoms with Gasteiger partial charge in [0.25, 0.3) is 0 Å². The third kappa shape index (κ3) is 6.42. The molecular weight excluding hydrogens is 423 g/mol. The molecule has 1 aromatic carbocycles. The maximum atomic E-state index is 6.25. The number of ether oxygens (including phenoxy) is 2. The van der Waals surface area contributed by atoms with Crippen LogP contribution in [0.1, 0.15) is 84.1 Å². The second kappa shape index (κ2) is 10.1. The largest absolute Gasteiger partial charge is 0.465 e. The average molecular weight is 458 g/mol. The molecule has 0 amide bonds. The van der Waals surface area contributed by atoms with Crippen LogP contribution in [0.3, 0.4) is 0 Å². The van der Waals surface area contributed by atoms with Crippen molar-refractivity contribution in [2.45, 2.75) is 88.3 Å². The second-order valence-corrected chi connectivity index (χ2v) is 10.6. The number of hydrogen-bond acceptors (Lipinski definition) is 2. The lowest BCUT2D eigenvalue weighted by Crippen LogP contribution is -2.31. The fourth-order valence-corrected chi connectivity index (χ4v) is 4.62. The van der Waals surface area contributed by atoms with Crippen LogP contribution in [0.15, 0.2) is 24.3 Å². The van der Waals surface area contributed by atoms with Gasteiger partial charge in [-0.25, -0.2) is 0 Å². The highest BCUT2D eigenvalue weighted by molar-refractivity contribution is 14.1. The van der Waals surface area contributed by atoms with Crippen molar-refractivity contribution in [1.29, 1.82) is 0 Å². The quantitative estimate of drug-likeness (QED) is 0.223. The number of alkyl halides is 1. The van der Waals surface area contributed by atoms with Crippen LogP contribution in [-0.4, -0.2) is 16.3 Å². The van der Waals surface area contributed by atoms with Gasteiger partial charge in [0, 0.05) is 15.9 Å². The molecule has 0 heterocycles. The predicted octanol–water partition coefficient (Wildman–Crippen LogP) is 7.11. The molecule has 2 unspecified atom stereocenters. The molecule has 2 rings (SSSR count). The molecule has 1 aromatic rings. The molecule has 1 aliphatic carbocycles. The van der Waals surface area contributed by atoms with Gasteiger partial charge in [0.1, 0.15) is 5.75 Å². The van der Waals surface area contributed by atoms with Gasteiger partial charge in [-0.2, -0.15) is 0 Å². The Morgan fingerprint density at radius 2 is 1.72 bits per heavy atom. The van der Waals surface area contributed by atoms with Gasteiger partial charge < -0.3 is 9.47 Å². The van der Waals surface area contributed by atoms with Gasteiger partial charge in [-0.3, -0.25) is 0 Å². The number of rotatable bonds is 9. The lowest BCUT2D eigenvalue weighted by atomic mass is 9.85. The summed E-state index contributed by atoms with van der Waals surface area (Å²) >= 11 is 2.58. The zero-order chi connectivity index (χ0) is 18.3. The van der Waals surface area contributed by atoms with E-state index in [-0.39, 0.29) is 9.71 Å². The highest BCUT2D eigenvalue weighted by Gasteiger charge is 2.28. The summed E-state index contributed by atoms with van der Waals surface area (Å²) in [5.41, 5.74) is 1.42. The van der Waals surface area contributed by atoms with Gasteiger partial charge >= 0.3 is 0 Å². The van der Waals surface area contributed by atoms with Crippen molar-refractivity contribution in [1.82, 2.24) is 0 Å². The van der Waals surface area contributed by atoms with Crippen LogP contribution in [-0.2, 0) is 4.74 Å². The normalized spacial score (nSPS) is 18.8. The summed E-state index contributed by atoms with van der Waals surface area (Å²) in [6.45, 7) is 9.68. The molecule has 0 N–H and O–H groups in total. The highest BCUT2D eigenvalue weighted by Crippen LogP contribution is 2.39. The van der Waals surface area contributed by atoms with Crippen molar-refractivity contribution in [2.24, 2.45) is 5.92 Å². The van der Waals surface area contributed by atoms with Crippen LogP contribution in [0.4, 0.5) is 0 Å². The zero-order valence-corrected chi connectivity index (χ0v) is 18.6. The van der Waals surface area contributed by atoms with Crippen LogP contribution >= 0.6 is 22.6 Å². The van der Waals surface area contributed by atoms with Gasteiger partial charge in [-0.15, -0.1) is 0 Å². The smallest absolute Gasteiger partial charge is 0.202 e. The monoisotopic (exact) mass is 458 g/mol. The zero-order valence-electron chi connectivity index (χ0n) is 16.4. The standard InChI is InChI=1S/C22H35IO2/c1-5-10-20(22(3,4)23)17-13-15-19(16-14-17)25-21(24-6-2)18-11-8-7-9-12-18/h13-16,18,20-21H,5-12H2,1-4H3. The Morgan fingerprint density at radius 3 is 2.24 bits per heavy atom. The van der Waals surface area contributed by atoms with Crippen LogP contribution in [0.5, 0.6) is 5.75 Å². The van der Waals surface area contributed by atoms with E-state index in [2.05, 4.69) is 74.6 Å². The first-order chi connectivity index (χ1) is 12.0. The number of benzene rings is 1. The Morgan fingerprint density at radius 1 is 1.08 bits per heavy atom. The first-order valence-electron chi connectivity index (χ1n) is 10.0. The summed E-state index contributed by atoms with van der Waals surface area (Å²) < 4.78 is 12.4. The number of halogens is 1. The van der Waals surface area contributed by atoms with Crippen molar-refractivity contribution < 1.29 is 9.47 Å². The molecule has 2 nitrogen and oxygen atoms in total. The second-order valence-electron chi connectivity index (χ2n) is 7.81. The van der Waals surface area contributed by atoms with E-state index < -0.39 is 0 Å². The Kier molecular flexibility index (Phi) is 8.53. The molecule has 0 bridgehead atoms. The summed E-state index contributed by atoms with van der Waals surface area (Å²) in [4.78, 5) is 0. The Hall–Kier alpha value is -0.290. The third-order valence-electron chi connectivity index (χ3n) is 5.31. The van der Waals surface area contributed by atoms with Crippen LogP contribution in [0, 0.1) is 5.92 Å². The molecule has 142 valence electrons. The van der Waals surface area contributed by atoms with E-state index in [1.54, 1.807) is 0 Å². The SMILES string of the molecule is CCCC(c1ccc(OC(OCC)C2CCCCC2)cc1)C(C)(C)I. The molecule has 3 heteroatoms. The summed E-state index contributed by atoms with van der Waals surface area (Å²) in [5.74, 6) is 2.05. The van der Waals surface area contributed by atoms with Crippen molar-refractivity contribution in [3.05, 3.63) is 29.8 Å². The first-order valence-corrected chi connectivity index (χ1v) is 11.1. The van der Waals surface area contributed by atoms with E-state index in [1.165, 1.54) is 50.5 Å². The van der Waals surface area contributed by atoms with Crippen LogP contribution in [0.25, 0.3) is 0 Å². The Balaban J connectivity index is 2.06. The molecule has 1 saturated carbocycles. The third-order valence-corrected chi connectivity index (χ3v) is 6.06. The van der Waals surface area contributed by atoms with E-state index in [0.717, 1.165) is 5.75 Å². The molecular formula is C22H35IO2. The fraction of sp³-hybridized carbons (Fsp3) is 0.727. The minimum atomic E-state index is -0.0939. The maximum Gasteiger partial charge on any atom is 0.202 e. The minimum Gasteiger partial charge on any atom is -0.465 e. The number of hydrogen-bond donors (Lipinski definition) is 0. The van der Waals surface area contributed by atoms with E-state index in [0.29, 0.717) is 18.4 Å². The fourth-order valence-electron chi connectivity index (χ4n) is 3.94. The van der Waals surface area contributed by atoms with Crippen LogP contribution in [0.2, 0.25) is 0 Å². The summed E-state index contributed by atoms with van der Waals surface area (Å²) in [6.07, 6.45) is 8.76. The summed E-state index contributed by atoms with van der Waals surface area (Å²) in [5, 5.41) is 0. The summed E-state index contributed by atoms with van der Waals surface area (Å²) in [6, 6.07) is 8.77. The van der Waals surface area contributed by atoms with Crippen molar-refractivity contribution >= 4 is 22.6 Å². The molecule has 0 aromatic heterocycles. The van der Waals surface area contributed by atoms with Gasteiger partial charge in [-0.1, -0.05) is 81.2 Å². The molecule has 2 atom stereocenters. The molecule has 0 radical (unpaired) electrons. The predicted molar refractivity (Wildman–Crippen MR) is 115 cm³/mol. The topological polar surface area (TPSA) is 18.5 Å². The van der Waals surface area contributed by atoms with Crippen molar-refractivity contribution in [2.75, 3.05) is 6.61 Å². The first kappa shape index (κ1) is 21.0. The lowest BCUT2D eigenvalue weighted by molar-refractivity contribution is -0.119. The van der Waals surface area contributed by atoms with Gasteiger partial charge in [0.15, 0.2) is 0 Å². The molecule has 0 spiro atoms. The van der Waals surface area contributed by atoms with Gasteiger partial charge in [0.05, 0.1) is 0 Å². The molecule has 1 aliphatic rings. The Bertz CT molecular complexity index is 486.